The SMILES string of the molecule is COc1ccc2c(c1OC)CCC(N)(CN)C2. The number of methoxy groups -OCH3 is 2. The van der Waals surface area contributed by atoms with Crippen molar-refractivity contribution in [2.45, 2.75) is 24.8 Å². The van der Waals surface area contributed by atoms with Crippen LogP contribution in [0.4, 0.5) is 0 Å². The standard InChI is InChI=1S/C13H20N2O2/c1-16-11-4-3-9-7-13(15,8-14)6-5-10(9)12(11)17-2/h3-4H,5-8,14-15H2,1-2H3. The van der Waals surface area contributed by atoms with Crippen molar-refractivity contribution in [3.05, 3.63) is 23.3 Å². The Hall–Kier alpha value is -1.26. The minimum atomic E-state index is -0.271. The molecule has 0 saturated heterocycles. The molecule has 94 valence electrons. The highest BCUT2D eigenvalue weighted by atomic mass is 16.5. The van der Waals surface area contributed by atoms with Crippen LogP contribution in [0.25, 0.3) is 0 Å². The molecular weight excluding hydrogens is 216 g/mol. The van der Waals surface area contributed by atoms with Crippen LogP contribution in [0.3, 0.4) is 0 Å². The first-order chi connectivity index (χ1) is 8.13. The molecule has 0 aromatic heterocycles. The van der Waals surface area contributed by atoms with E-state index >= 15 is 0 Å². The maximum absolute atomic E-state index is 6.24. The van der Waals surface area contributed by atoms with Crippen LogP contribution >= 0.6 is 0 Å². The second kappa shape index (κ2) is 4.55. The number of ether oxygens (including phenoxy) is 2. The lowest BCUT2D eigenvalue weighted by molar-refractivity contribution is 0.337. The molecule has 0 fully saturated rings. The summed E-state index contributed by atoms with van der Waals surface area (Å²) in [5.74, 6) is 1.62. The van der Waals surface area contributed by atoms with E-state index in [1.54, 1.807) is 14.2 Å². The molecule has 0 aliphatic heterocycles. The molecule has 0 heterocycles. The highest BCUT2D eigenvalue weighted by molar-refractivity contribution is 5.52. The number of hydrogen-bond acceptors (Lipinski definition) is 4. The summed E-state index contributed by atoms with van der Waals surface area (Å²) in [5.41, 5.74) is 14.1. The van der Waals surface area contributed by atoms with E-state index in [0.29, 0.717) is 6.54 Å². The van der Waals surface area contributed by atoms with Gasteiger partial charge in [-0.3, -0.25) is 0 Å². The van der Waals surface area contributed by atoms with E-state index in [9.17, 15) is 0 Å². The molecule has 0 bridgehead atoms. The van der Waals surface area contributed by atoms with Gasteiger partial charge in [-0.05, 0) is 30.9 Å². The lowest BCUT2D eigenvalue weighted by Gasteiger charge is -2.34. The summed E-state index contributed by atoms with van der Waals surface area (Å²) in [6, 6.07) is 3.99. The van der Waals surface area contributed by atoms with Crippen molar-refractivity contribution in [3.8, 4) is 11.5 Å². The van der Waals surface area contributed by atoms with Crippen molar-refractivity contribution in [2.75, 3.05) is 20.8 Å². The molecule has 1 aliphatic rings. The van der Waals surface area contributed by atoms with E-state index in [1.807, 2.05) is 6.07 Å². The molecule has 4 heteroatoms. The summed E-state index contributed by atoms with van der Waals surface area (Å²) in [5, 5.41) is 0. The molecule has 0 amide bonds. The first-order valence-electron chi connectivity index (χ1n) is 5.85. The fourth-order valence-corrected chi connectivity index (χ4v) is 2.49. The van der Waals surface area contributed by atoms with E-state index in [1.165, 1.54) is 11.1 Å². The van der Waals surface area contributed by atoms with Gasteiger partial charge in [0.1, 0.15) is 0 Å². The zero-order valence-corrected chi connectivity index (χ0v) is 10.5. The van der Waals surface area contributed by atoms with Crippen LogP contribution in [0.15, 0.2) is 12.1 Å². The van der Waals surface area contributed by atoms with Crippen LogP contribution in [-0.4, -0.2) is 26.3 Å². The van der Waals surface area contributed by atoms with Crippen molar-refractivity contribution in [1.29, 1.82) is 0 Å². The maximum atomic E-state index is 6.24. The van der Waals surface area contributed by atoms with E-state index < -0.39 is 0 Å². The first kappa shape index (κ1) is 12.2. The number of fused-ring (bicyclic) bond motifs is 1. The van der Waals surface area contributed by atoms with E-state index in [0.717, 1.165) is 30.8 Å². The van der Waals surface area contributed by atoms with Gasteiger partial charge in [-0.2, -0.15) is 0 Å². The minimum Gasteiger partial charge on any atom is -0.493 e. The molecule has 1 atom stereocenters. The van der Waals surface area contributed by atoms with Crippen molar-refractivity contribution in [3.63, 3.8) is 0 Å². The predicted molar refractivity (Wildman–Crippen MR) is 67.5 cm³/mol. The Morgan fingerprint density at radius 2 is 2.06 bits per heavy atom. The van der Waals surface area contributed by atoms with Gasteiger partial charge in [-0.25, -0.2) is 0 Å². The lowest BCUT2D eigenvalue weighted by Crippen LogP contribution is -2.51. The molecule has 2 rings (SSSR count). The predicted octanol–water partition coefficient (Wildman–Crippen LogP) is 0.849. The second-order valence-electron chi connectivity index (χ2n) is 4.68. The van der Waals surface area contributed by atoms with Gasteiger partial charge in [0.25, 0.3) is 0 Å². The summed E-state index contributed by atoms with van der Waals surface area (Å²) in [7, 11) is 3.32. The number of benzene rings is 1. The summed E-state index contributed by atoms with van der Waals surface area (Å²) in [4.78, 5) is 0. The monoisotopic (exact) mass is 236 g/mol. The van der Waals surface area contributed by atoms with E-state index in [2.05, 4.69) is 6.07 Å². The summed E-state index contributed by atoms with van der Waals surface area (Å²) in [6.45, 7) is 0.515. The average Bonchev–Trinajstić information content (AvgIpc) is 2.37. The highest BCUT2D eigenvalue weighted by Gasteiger charge is 2.31. The molecule has 1 unspecified atom stereocenters. The van der Waals surface area contributed by atoms with Crippen LogP contribution < -0.4 is 20.9 Å². The summed E-state index contributed by atoms with van der Waals surface area (Å²) < 4.78 is 10.7. The first-order valence-corrected chi connectivity index (χ1v) is 5.85. The van der Waals surface area contributed by atoms with Gasteiger partial charge >= 0.3 is 0 Å². The molecular formula is C13H20N2O2. The third-order valence-electron chi connectivity index (χ3n) is 3.57. The van der Waals surface area contributed by atoms with Crippen molar-refractivity contribution < 1.29 is 9.47 Å². The molecule has 1 aromatic rings. The van der Waals surface area contributed by atoms with Crippen LogP contribution in [0.2, 0.25) is 0 Å². The molecule has 1 aliphatic carbocycles. The minimum absolute atomic E-state index is 0.271. The zero-order valence-electron chi connectivity index (χ0n) is 10.5. The third-order valence-corrected chi connectivity index (χ3v) is 3.57. The Morgan fingerprint density at radius 1 is 1.29 bits per heavy atom. The zero-order chi connectivity index (χ0) is 12.5. The molecule has 0 radical (unpaired) electrons. The Labute approximate surface area is 102 Å². The Bertz CT molecular complexity index is 420. The van der Waals surface area contributed by atoms with Gasteiger partial charge in [0.15, 0.2) is 11.5 Å². The largest absolute Gasteiger partial charge is 0.493 e. The van der Waals surface area contributed by atoms with E-state index in [4.69, 9.17) is 20.9 Å². The molecule has 0 spiro atoms. The van der Waals surface area contributed by atoms with Gasteiger partial charge in [0, 0.05) is 17.6 Å². The Morgan fingerprint density at radius 3 is 2.65 bits per heavy atom. The fourth-order valence-electron chi connectivity index (χ4n) is 2.49. The quantitative estimate of drug-likeness (QED) is 0.816. The van der Waals surface area contributed by atoms with Gasteiger partial charge in [-0.1, -0.05) is 6.07 Å². The molecule has 17 heavy (non-hydrogen) atoms. The summed E-state index contributed by atoms with van der Waals surface area (Å²) >= 11 is 0. The highest BCUT2D eigenvalue weighted by Crippen LogP contribution is 2.38. The van der Waals surface area contributed by atoms with Gasteiger partial charge < -0.3 is 20.9 Å². The number of rotatable bonds is 3. The average molecular weight is 236 g/mol. The van der Waals surface area contributed by atoms with Crippen LogP contribution in [0, 0.1) is 0 Å². The summed E-state index contributed by atoms with van der Waals surface area (Å²) in [6.07, 6.45) is 2.59. The normalized spacial score (nSPS) is 23.1. The Kier molecular flexibility index (Phi) is 3.26. The number of nitrogens with two attached hydrogens (primary N) is 2. The topological polar surface area (TPSA) is 70.5 Å². The number of hydrogen-bond donors (Lipinski definition) is 2. The molecule has 4 N–H and O–H groups in total. The van der Waals surface area contributed by atoms with Crippen LogP contribution in [0.5, 0.6) is 11.5 Å². The van der Waals surface area contributed by atoms with Gasteiger partial charge in [0.2, 0.25) is 0 Å². The van der Waals surface area contributed by atoms with Gasteiger partial charge in [-0.15, -0.1) is 0 Å². The van der Waals surface area contributed by atoms with Crippen LogP contribution in [-0.2, 0) is 12.8 Å². The maximum Gasteiger partial charge on any atom is 0.164 e. The molecule has 0 saturated carbocycles. The third kappa shape index (κ3) is 2.10. The Balaban J connectivity index is 2.42. The fraction of sp³-hybridized carbons (Fsp3) is 0.538. The molecule has 1 aromatic carbocycles. The lowest BCUT2D eigenvalue weighted by atomic mass is 9.78. The van der Waals surface area contributed by atoms with Gasteiger partial charge in [0.05, 0.1) is 14.2 Å². The second-order valence-corrected chi connectivity index (χ2v) is 4.68. The van der Waals surface area contributed by atoms with E-state index in [-0.39, 0.29) is 5.54 Å². The van der Waals surface area contributed by atoms with Crippen molar-refractivity contribution in [1.82, 2.24) is 0 Å². The van der Waals surface area contributed by atoms with Crippen LogP contribution in [0.1, 0.15) is 17.5 Å². The van der Waals surface area contributed by atoms with Crippen molar-refractivity contribution >= 4 is 0 Å². The smallest absolute Gasteiger partial charge is 0.164 e. The molecule has 4 nitrogen and oxygen atoms in total. The van der Waals surface area contributed by atoms with Crippen molar-refractivity contribution in [2.24, 2.45) is 11.5 Å².